The first-order chi connectivity index (χ1) is 8.16. The number of thiophene rings is 1. The highest BCUT2D eigenvalue weighted by Crippen LogP contribution is 2.24. The summed E-state index contributed by atoms with van der Waals surface area (Å²) in [6, 6.07) is 3.44. The van der Waals surface area contributed by atoms with E-state index in [1.165, 1.54) is 12.3 Å². The van der Waals surface area contributed by atoms with Crippen LogP contribution in [0.25, 0.3) is 0 Å². The fourth-order valence-corrected chi connectivity index (χ4v) is 2.38. The largest absolute Gasteiger partial charge is 0.365 e. The number of rotatable bonds is 4. The normalized spacial score (nSPS) is 10.2. The number of nitro groups is 1. The van der Waals surface area contributed by atoms with E-state index in [2.05, 4.69) is 26.2 Å². The smallest absolute Gasteiger partial charge is 0.288 e. The predicted molar refractivity (Wildman–Crippen MR) is 70.2 cm³/mol. The molecule has 0 saturated heterocycles. The van der Waals surface area contributed by atoms with Crippen LogP contribution in [0.4, 0.5) is 11.5 Å². The SMILES string of the molecule is O=[N+]([O-])c1cnc(NCc2ccsc2)c(Br)c1. The Morgan fingerprint density at radius 1 is 1.59 bits per heavy atom. The van der Waals surface area contributed by atoms with Crippen LogP contribution in [0.5, 0.6) is 0 Å². The summed E-state index contributed by atoms with van der Waals surface area (Å²) in [5.41, 5.74) is 1.13. The van der Waals surface area contributed by atoms with Crippen LogP contribution in [-0.4, -0.2) is 9.91 Å². The second-order valence-corrected chi connectivity index (χ2v) is 4.90. The molecule has 1 N–H and O–H groups in total. The molecule has 0 bridgehead atoms. The highest BCUT2D eigenvalue weighted by atomic mass is 79.9. The summed E-state index contributed by atoms with van der Waals surface area (Å²) in [5, 5.41) is 17.7. The van der Waals surface area contributed by atoms with Gasteiger partial charge in [0.15, 0.2) is 0 Å². The second kappa shape index (κ2) is 5.24. The summed E-state index contributed by atoms with van der Waals surface area (Å²) < 4.78 is 0.585. The Kier molecular flexibility index (Phi) is 3.70. The lowest BCUT2D eigenvalue weighted by Crippen LogP contribution is -2.01. The van der Waals surface area contributed by atoms with Crippen molar-refractivity contribution in [1.82, 2.24) is 4.98 Å². The van der Waals surface area contributed by atoms with Crippen LogP contribution in [-0.2, 0) is 6.54 Å². The molecule has 0 spiro atoms. The summed E-state index contributed by atoms with van der Waals surface area (Å²) in [7, 11) is 0. The number of pyridine rings is 1. The molecule has 0 amide bonds. The van der Waals surface area contributed by atoms with Crippen molar-refractivity contribution in [2.24, 2.45) is 0 Å². The molecular formula is C10H8BrN3O2S. The van der Waals surface area contributed by atoms with E-state index in [1.807, 2.05) is 16.8 Å². The van der Waals surface area contributed by atoms with Crippen LogP contribution in [0, 0.1) is 10.1 Å². The molecule has 2 aromatic rings. The van der Waals surface area contributed by atoms with Gasteiger partial charge in [-0.1, -0.05) is 0 Å². The van der Waals surface area contributed by atoms with Crippen LogP contribution in [0.1, 0.15) is 5.56 Å². The molecule has 17 heavy (non-hydrogen) atoms. The van der Waals surface area contributed by atoms with Gasteiger partial charge in [-0.2, -0.15) is 11.3 Å². The molecule has 0 fully saturated rings. The molecule has 0 atom stereocenters. The molecule has 0 aromatic carbocycles. The fourth-order valence-electron chi connectivity index (χ4n) is 1.24. The van der Waals surface area contributed by atoms with Gasteiger partial charge in [-0.15, -0.1) is 0 Å². The number of aromatic nitrogens is 1. The molecule has 0 aliphatic carbocycles. The minimum Gasteiger partial charge on any atom is -0.365 e. The molecule has 2 rings (SSSR count). The topological polar surface area (TPSA) is 68.1 Å². The molecule has 88 valence electrons. The van der Waals surface area contributed by atoms with E-state index in [-0.39, 0.29) is 5.69 Å². The Bertz CT molecular complexity index is 530. The van der Waals surface area contributed by atoms with Crippen molar-refractivity contribution in [1.29, 1.82) is 0 Å². The van der Waals surface area contributed by atoms with Gasteiger partial charge in [-0.25, -0.2) is 4.98 Å². The first-order valence-corrected chi connectivity index (χ1v) is 6.45. The molecule has 2 aromatic heterocycles. The summed E-state index contributed by atoms with van der Waals surface area (Å²) in [5.74, 6) is 0.599. The Labute approximate surface area is 110 Å². The van der Waals surface area contributed by atoms with E-state index >= 15 is 0 Å². The van der Waals surface area contributed by atoms with Crippen LogP contribution < -0.4 is 5.32 Å². The number of halogens is 1. The van der Waals surface area contributed by atoms with Gasteiger partial charge in [0.1, 0.15) is 12.0 Å². The van der Waals surface area contributed by atoms with Gasteiger partial charge in [0.2, 0.25) is 0 Å². The number of nitrogens with one attached hydrogen (secondary N) is 1. The zero-order chi connectivity index (χ0) is 12.3. The predicted octanol–water partition coefficient (Wildman–Crippen LogP) is 3.43. The number of hydrogen-bond acceptors (Lipinski definition) is 5. The molecular weight excluding hydrogens is 306 g/mol. The Balaban J connectivity index is 2.09. The summed E-state index contributed by atoms with van der Waals surface area (Å²) in [6.45, 7) is 0.646. The maximum Gasteiger partial charge on any atom is 0.288 e. The summed E-state index contributed by atoms with van der Waals surface area (Å²) in [6.07, 6.45) is 1.24. The monoisotopic (exact) mass is 313 g/mol. The van der Waals surface area contributed by atoms with Crippen LogP contribution in [0.15, 0.2) is 33.6 Å². The van der Waals surface area contributed by atoms with E-state index in [1.54, 1.807) is 11.3 Å². The molecule has 0 saturated carbocycles. The van der Waals surface area contributed by atoms with Gasteiger partial charge in [-0.3, -0.25) is 10.1 Å². The van der Waals surface area contributed by atoms with Crippen LogP contribution in [0.3, 0.4) is 0 Å². The average molecular weight is 314 g/mol. The van der Waals surface area contributed by atoms with Gasteiger partial charge < -0.3 is 5.32 Å². The quantitative estimate of drug-likeness (QED) is 0.693. The van der Waals surface area contributed by atoms with E-state index in [4.69, 9.17) is 0 Å². The van der Waals surface area contributed by atoms with Crippen molar-refractivity contribution in [3.8, 4) is 0 Å². The molecule has 0 unspecified atom stereocenters. The minimum absolute atomic E-state index is 0.0297. The van der Waals surface area contributed by atoms with E-state index in [0.29, 0.717) is 16.8 Å². The molecule has 0 radical (unpaired) electrons. The Morgan fingerprint density at radius 2 is 2.41 bits per heavy atom. The van der Waals surface area contributed by atoms with Gasteiger partial charge in [0.25, 0.3) is 5.69 Å². The van der Waals surface area contributed by atoms with Crippen molar-refractivity contribution in [3.63, 3.8) is 0 Å². The van der Waals surface area contributed by atoms with E-state index in [9.17, 15) is 10.1 Å². The van der Waals surface area contributed by atoms with Crippen LogP contribution >= 0.6 is 27.3 Å². The summed E-state index contributed by atoms with van der Waals surface area (Å²) >= 11 is 4.88. The van der Waals surface area contributed by atoms with Crippen molar-refractivity contribution in [3.05, 3.63) is 49.2 Å². The lowest BCUT2D eigenvalue weighted by atomic mass is 10.3. The van der Waals surface area contributed by atoms with Crippen molar-refractivity contribution in [2.75, 3.05) is 5.32 Å². The number of anilines is 1. The lowest BCUT2D eigenvalue weighted by molar-refractivity contribution is -0.385. The van der Waals surface area contributed by atoms with Crippen LogP contribution in [0.2, 0.25) is 0 Å². The van der Waals surface area contributed by atoms with Gasteiger partial charge in [0, 0.05) is 12.6 Å². The first-order valence-electron chi connectivity index (χ1n) is 4.71. The minimum atomic E-state index is -0.472. The highest BCUT2D eigenvalue weighted by Gasteiger charge is 2.10. The maximum absolute atomic E-state index is 10.5. The zero-order valence-corrected chi connectivity index (χ0v) is 11.0. The fraction of sp³-hybridized carbons (Fsp3) is 0.100. The van der Waals surface area contributed by atoms with Crippen molar-refractivity contribution in [2.45, 2.75) is 6.54 Å². The first kappa shape index (κ1) is 12.0. The molecule has 2 heterocycles. The lowest BCUT2D eigenvalue weighted by Gasteiger charge is -2.05. The highest BCUT2D eigenvalue weighted by molar-refractivity contribution is 9.10. The molecule has 5 nitrogen and oxygen atoms in total. The van der Waals surface area contributed by atoms with Gasteiger partial charge >= 0.3 is 0 Å². The standard InChI is InChI=1S/C10H8BrN3O2S/c11-9-3-8(14(15)16)5-13-10(9)12-4-7-1-2-17-6-7/h1-3,5-6H,4H2,(H,12,13). The molecule has 0 aliphatic rings. The van der Waals surface area contributed by atoms with Gasteiger partial charge in [-0.05, 0) is 38.3 Å². The Hall–Kier alpha value is -1.47. The van der Waals surface area contributed by atoms with Crippen molar-refractivity contribution < 1.29 is 4.92 Å². The van der Waals surface area contributed by atoms with Crippen molar-refractivity contribution >= 4 is 38.8 Å². The van der Waals surface area contributed by atoms with E-state index in [0.717, 1.165) is 5.56 Å². The number of nitrogens with zero attached hydrogens (tertiary/aromatic N) is 2. The molecule has 0 aliphatic heterocycles. The third kappa shape index (κ3) is 3.01. The second-order valence-electron chi connectivity index (χ2n) is 3.27. The third-order valence-corrected chi connectivity index (χ3v) is 3.41. The molecule has 7 heteroatoms. The third-order valence-electron chi connectivity index (χ3n) is 2.08. The maximum atomic E-state index is 10.5. The Morgan fingerprint density at radius 3 is 3.00 bits per heavy atom. The van der Waals surface area contributed by atoms with Gasteiger partial charge in [0.05, 0.1) is 9.40 Å². The number of hydrogen-bond donors (Lipinski definition) is 1. The zero-order valence-electron chi connectivity index (χ0n) is 8.59. The summed E-state index contributed by atoms with van der Waals surface area (Å²) in [4.78, 5) is 14.1. The average Bonchev–Trinajstić information content (AvgIpc) is 2.80. The van der Waals surface area contributed by atoms with E-state index < -0.39 is 4.92 Å².